The standard InChI is InChI=1S/C16H17ClN2O2/c1-16(2)7-11-13(12(20)8-16)14(19-15(21)18-11)9-5-3-4-6-10(9)17/h3-6,14H,7-8H2,1-2H3,(H2,18,19,21)/t14-/m0/s1. The van der Waals surface area contributed by atoms with Crippen molar-refractivity contribution in [2.75, 3.05) is 0 Å². The number of benzene rings is 1. The van der Waals surface area contributed by atoms with Gasteiger partial charge in [0.15, 0.2) is 5.78 Å². The van der Waals surface area contributed by atoms with Crippen LogP contribution in [0.25, 0.3) is 0 Å². The zero-order valence-corrected chi connectivity index (χ0v) is 12.8. The summed E-state index contributed by atoms with van der Waals surface area (Å²) in [4.78, 5) is 24.5. The van der Waals surface area contributed by atoms with Gasteiger partial charge in [0, 0.05) is 22.7 Å². The SMILES string of the molecule is CC1(C)CC(=O)C2=C(C1)NC(=O)N[C@H]2c1ccccc1Cl. The smallest absolute Gasteiger partial charge is 0.319 e. The van der Waals surface area contributed by atoms with Crippen molar-refractivity contribution in [3.63, 3.8) is 0 Å². The number of carbonyl (C=O) groups is 2. The Balaban J connectivity index is 2.11. The molecule has 0 saturated heterocycles. The summed E-state index contributed by atoms with van der Waals surface area (Å²) in [5.41, 5.74) is 1.99. The Morgan fingerprint density at radius 2 is 1.90 bits per heavy atom. The summed E-state index contributed by atoms with van der Waals surface area (Å²) in [6.07, 6.45) is 1.16. The second-order valence-corrected chi connectivity index (χ2v) is 6.79. The maximum Gasteiger partial charge on any atom is 0.319 e. The molecule has 0 fully saturated rings. The molecule has 1 aromatic carbocycles. The summed E-state index contributed by atoms with van der Waals surface area (Å²) < 4.78 is 0. The van der Waals surface area contributed by atoms with E-state index in [1.165, 1.54) is 0 Å². The van der Waals surface area contributed by atoms with E-state index in [4.69, 9.17) is 11.6 Å². The molecule has 0 saturated carbocycles. The molecule has 5 heteroatoms. The lowest BCUT2D eigenvalue weighted by Gasteiger charge is -2.38. The van der Waals surface area contributed by atoms with Crippen molar-refractivity contribution in [2.45, 2.75) is 32.7 Å². The monoisotopic (exact) mass is 304 g/mol. The fraction of sp³-hybridized carbons (Fsp3) is 0.375. The molecule has 110 valence electrons. The molecule has 0 aromatic heterocycles. The quantitative estimate of drug-likeness (QED) is 0.836. The summed E-state index contributed by atoms with van der Waals surface area (Å²) in [6.45, 7) is 4.07. The van der Waals surface area contributed by atoms with Crippen molar-refractivity contribution in [1.82, 2.24) is 10.6 Å². The molecule has 4 nitrogen and oxygen atoms in total. The van der Waals surface area contributed by atoms with Crippen molar-refractivity contribution in [1.29, 1.82) is 0 Å². The number of rotatable bonds is 1. The van der Waals surface area contributed by atoms with Crippen molar-refractivity contribution in [3.8, 4) is 0 Å². The molecule has 0 bridgehead atoms. The summed E-state index contributed by atoms with van der Waals surface area (Å²) in [5.74, 6) is 0.0682. The molecule has 2 amide bonds. The number of allylic oxidation sites excluding steroid dienone is 1. The van der Waals surface area contributed by atoms with E-state index in [1.54, 1.807) is 6.07 Å². The van der Waals surface area contributed by atoms with Crippen LogP contribution in [0.2, 0.25) is 5.02 Å². The van der Waals surface area contributed by atoms with Crippen LogP contribution in [0.4, 0.5) is 4.79 Å². The number of amides is 2. The fourth-order valence-corrected chi connectivity index (χ4v) is 3.34. The zero-order valence-electron chi connectivity index (χ0n) is 12.0. The van der Waals surface area contributed by atoms with Gasteiger partial charge in [-0.25, -0.2) is 4.79 Å². The molecule has 0 radical (unpaired) electrons. The van der Waals surface area contributed by atoms with Gasteiger partial charge in [-0.2, -0.15) is 0 Å². The highest BCUT2D eigenvalue weighted by Gasteiger charge is 2.40. The average molecular weight is 305 g/mol. The highest BCUT2D eigenvalue weighted by molar-refractivity contribution is 6.31. The Morgan fingerprint density at radius 3 is 2.62 bits per heavy atom. The molecule has 2 aliphatic rings. The first-order valence-corrected chi connectivity index (χ1v) is 7.33. The Morgan fingerprint density at radius 1 is 1.19 bits per heavy atom. The third-order valence-corrected chi connectivity index (χ3v) is 4.31. The van der Waals surface area contributed by atoms with Crippen LogP contribution < -0.4 is 10.6 Å². The third kappa shape index (κ3) is 2.56. The van der Waals surface area contributed by atoms with Gasteiger partial charge in [0.1, 0.15) is 0 Å². The maximum absolute atomic E-state index is 12.6. The molecule has 1 aromatic rings. The first-order valence-electron chi connectivity index (χ1n) is 6.95. The molecule has 1 aliphatic carbocycles. The second kappa shape index (κ2) is 4.88. The zero-order chi connectivity index (χ0) is 15.2. The second-order valence-electron chi connectivity index (χ2n) is 6.39. The predicted molar refractivity (Wildman–Crippen MR) is 80.9 cm³/mol. The van der Waals surface area contributed by atoms with Crippen LogP contribution in [0.3, 0.4) is 0 Å². The van der Waals surface area contributed by atoms with Gasteiger partial charge in [-0.3, -0.25) is 4.79 Å². The molecule has 1 aliphatic heterocycles. The van der Waals surface area contributed by atoms with E-state index in [0.717, 1.165) is 11.3 Å². The van der Waals surface area contributed by atoms with Gasteiger partial charge in [0.05, 0.1) is 6.04 Å². The van der Waals surface area contributed by atoms with Crippen LogP contribution >= 0.6 is 11.6 Å². The Kier molecular flexibility index (Phi) is 3.29. The van der Waals surface area contributed by atoms with Crippen LogP contribution in [-0.2, 0) is 4.79 Å². The van der Waals surface area contributed by atoms with Gasteiger partial charge in [-0.05, 0) is 23.5 Å². The highest BCUT2D eigenvalue weighted by Crippen LogP contribution is 2.42. The first kappa shape index (κ1) is 14.1. The maximum atomic E-state index is 12.6. The van der Waals surface area contributed by atoms with Crippen LogP contribution in [0.15, 0.2) is 35.5 Å². The van der Waals surface area contributed by atoms with Crippen molar-refractivity contribution >= 4 is 23.4 Å². The van der Waals surface area contributed by atoms with Crippen LogP contribution in [-0.4, -0.2) is 11.8 Å². The van der Waals surface area contributed by atoms with E-state index < -0.39 is 6.04 Å². The number of halogens is 1. The summed E-state index contributed by atoms with van der Waals surface area (Å²) in [7, 11) is 0. The minimum absolute atomic E-state index is 0.0682. The molecular weight excluding hydrogens is 288 g/mol. The molecule has 0 unspecified atom stereocenters. The average Bonchev–Trinajstić information content (AvgIpc) is 2.36. The van der Waals surface area contributed by atoms with Gasteiger partial charge in [-0.15, -0.1) is 0 Å². The topological polar surface area (TPSA) is 58.2 Å². The fourth-order valence-electron chi connectivity index (χ4n) is 3.10. The summed E-state index contributed by atoms with van der Waals surface area (Å²) in [6, 6.07) is 6.54. The number of urea groups is 1. The first-order chi connectivity index (χ1) is 9.87. The number of ketones is 1. The largest absolute Gasteiger partial charge is 0.327 e. The van der Waals surface area contributed by atoms with Gasteiger partial charge in [0.2, 0.25) is 0 Å². The van der Waals surface area contributed by atoms with E-state index in [2.05, 4.69) is 10.6 Å². The Hall–Kier alpha value is -1.81. The molecule has 1 heterocycles. The molecule has 0 spiro atoms. The number of hydrogen-bond acceptors (Lipinski definition) is 2. The molecule has 21 heavy (non-hydrogen) atoms. The lowest BCUT2D eigenvalue weighted by Crippen LogP contribution is -2.48. The summed E-state index contributed by atoms with van der Waals surface area (Å²) in [5, 5.41) is 6.16. The number of carbonyl (C=O) groups excluding carboxylic acids is 2. The lowest BCUT2D eigenvalue weighted by molar-refractivity contribution is -0.118. The number of Topliss-reactive ketones (excluding diaryl/α,β-unsaturated/α-hetero) is 1. The van der Waals surface area contributed by atoms with Crippen LogP contribution in [0, 0.1) is 5.41 Å². The van der Waals surface area contributed by atoms with Gasteiger partial charge in [-0.1, -0.05) is 43.6 Å². The predicted octanol–water partition coefficient (Wildman–Crippen LogP) is 3.34. The highest BCUT2D eigenvalue weighted by atomic mass is 35.5. The van der Waals surface area contributed by atoms with E-state index in [1.807, 2.05) is 32.0 Å². The number of nitrogens with one attached hydrogen (secondary N) is 2. The van der Waals surface area contributed by atoms with Crippen molar-refractivity contribution in [3.05, 3.63) is 46.1 Å². The molecule has 1 atom stereocenters. The van der Waals surface area contributed by atoms with E-state index in [-0.39, 0.29) is 17.2 Å². The Labute approximate surface area is 128 Å². The van der Waals surface area contributed by atoms with Gasteiger partial charge in [0.25, 0.3) is 0 Å². The van der Waals surface area contributed by atoms with Crippen molar-refractivity contribution in [2.24, 2.45) is 5.41 Å². The van der Waals surface area contributed by atoms with E-state index in [0.29, 0.717) is 23.4 Å². The third-order valence-electron chi connectivity index (χ3n) is 3.96. The van der Waals surface area contributed by atoms with E-state index in [9.17, 15) is 9.59 Å². The van der Waals surface area contributed by atoms with Crippen LogP contribution in [0.1, 0.15) is 38.3 Å². The molecule has 3 rings (SSSR count). The minimum Gasteiger partial charge on any atom is -0.327 e. The minimum atomic E-state index is -0.467. The van der Waals surface area contributed by atoms with E-state index >= 15 is 0 Å². The lowest BCUT2D eigenvalue weighted by atomic mass is 9.73. The molecule has 2 N–H and O–H groups in total. The molecular formula is C16H17ClN2O2. The van der Waals surface area contributed by atoms with Gasteiger partial charge >= 0.3 is 6.03 Å². The normalized spacial score (nSPS) is 24.2. The van der Waals surface area contributed by atoms with Crippen molar-refractivity contribution < 1.29 is 9.59 Å². The van der Waals surface area contributed by atoms with Crippen LogP contribution in [0.5, 0.6) is 0 Å². The number of hydrogen-bond donors (Lipinski definition) is 2. The summed E-state index contributed by atoms with van der Waals surface area (Å²) >= 11 is 6.23. The Bertz CT molecular complexity index is 664. The van der Waals surface area contributed by atoms with Gasteiger partial charge < -0.3 is 10.6 Å².